The van der Waals surface area contributed by atoms with Gasteiger partial charge in [-0.25, -0.2) is 9.59 Å². The van der Waals surface area contributed by atoms with E-state index < -0.39 is 11.9 Å². The molecule has 0 radical (unpaired) electrons. The van der Waals surface area contributed by atoms with Gasteiger partial charge < -0.3 is 9.47 Å². The van der Waals surface area contributed by atoms with Crippen LogP contribution in [0.1, 0.15) is 0 Å². The number of carbonyl (C=O) groups is 2. The third-order valence-electron chi connectivity index (χ3n) is 0.863. The maximum absolute atomic E-state index is 10.4. The highest BCUT2D eigenvalue weighted by atomic mass is 16.6. The van der Waals surface area contributed by atoms with E-state index in [0.29, 0.717) is 0 Å². The van der Waals surface area contributed by atoms with Gasteiger partial charge in [-0.2, -0.15) is 0 Å². The standard InChI is InChI=1S/C5H4O4/c1-8-3-2-4(6)9-5(3)7/h2H,1H3. The van der Waals surface area contributed by atoms with Gasteiger partial charge in [-0.15, -0.1) is 0 Å². The smallest absolute Gasteiger partial charge is 0.381 e. The molecule has 0 saturated carbocycles. The van der Waals surface area contributed by atoms with Crippen LogP contribution in [0.2, 0.25) is 0 Å². The second-order valence-corrected chi connectivity index (χ2v) is 1.42. The van der Waals surface area contributed by atoms with Crippen molar-refractivity contribution < 1.29 is 19.1 Å². The van der Waals surface area contributed by atoms with Crippen LogP contribution >= 0.6 is 0 Å². The van der Waals surface area contributed by atoms with Crippen LogP contribution in [-0.4, -0.2) is 19.0 Å². The van der Waals surface area contributed by atoms with E-state index in [0.717, 1.165) is 6.08 Å². The zero-order valence-corrected chi connectivity index (χ0v) is 4.71. The fourth-order valence-corrected chi connectivity index (χ4v) is 0.479. The number of carbonyl (C=O) groups excluding carboxylic acids is 2. The Bertz CT molecular complexity index is 191. The fourth-order valence-electron chi connectivity index (χ4n) is 0.479. The van der Waals surface area contributed by atoms with Gasteiger partial charge in [-0.3, -0.25) is 0 Å². The van der Waals surface area contributed by atoms with E-state index in [-0.39, 0.29) is 5.76 Å². The molecule has 0 unspecified atom stereocenters. The molecule has 0 aliphatic carbocycles. The summed E-state index contributed by atoms with van der Waals surface area (Å²) in [6.45, 7) is 0. The van der Waals surface area contributed by atoms with E-state index >= 15 is 0 Å². The zero-order chi connectivity index (χ0) is 6.85. The molecule has 9 heavy (non-hydrogen) atoms. The Kier molecular flexibility index (Phi) is 1.22. The first kappa shape index (κ1) is 5.81. The number of cyclic esters (lactones) is 2. The lowest BCUT2D eigenvalue weighted by atomic mass is 10.5. The summed E-state index contributed by atoms with van der Waals surface area (Å²) in [6.07, 6.45) is 1.00. The van der Waals surface area contributed by atoms with Crippen molar-refractivity contribution in [2.24, 2.45) is 0 Å². The molecule has 0 bridgehead atoms. The van der Waals surface area contributed by atoms with Gasteiger partial charge in [0.05, 0.1) is 13.2 Å². The molecule has 0 fully saturated rings. The highest BCUT2D eigenvalue weighted by molar-refractivity contribution is 6.07. The third-order valence-corrected chi connectivity index (χ3v) is 0.863. The fraction of sp³-hybridized carbons (Fsp3) is 0.200. The Labute approximate surface area is 51.1 Å². The average Bonchev–Trinajstić information content (AvgIpc) is 2.10. The minimum Gasteiger partial charge on any atom is -0.490 e. The molecule has 4 heteroatoms. The highest BCUT2D eigenvalue weighted by Crippen LogP contribution is 2.06. The molecule has 4 nitrogen and oxygen atoms in total. The number of hydrogen-bond acceptors (Lipinski definition) is 4. The van der Waals surface area contributed by atoms with E-state index in [2.05, 4.69) is 9.47 Å². The SMILES string of the molecule is COC1=CC(=O)OC1=O. The van der Waals surface area contributed by atoms with Crippen molar-refractivity contribution in [3.8, 4) is 0 Å². The molecule has 0 aromatic heterocycles. The van der Waals surface area contributed by atoms with Crippen molar-refractivity contribution in [1.82, 2.24) is 0 Å². The molecular formula is C5H4O4. The van der Waals surface area contributed by atoms with E-state index in [4.69, 9.17) is 0 Å². The Morgan fingerprint density at radius 2 is 2.22 bits per heavy atom. The molecule has 1 heterocycles. The maximum atomic E-state index is 10.4. The van der Waals surface area contributed by atoms with Gasteiger partial charge in [-0.1, -0.05) is 0 Å². The summed E-state index contributed by atoms with van der Waals surface area (Å²) in [5.41, 5.74) is 0. The first-order valence-corrected chi connectivity index (χ1v) is 2.26. The molecule has 0 amide bonds. The minimum atomic E-state index is -0.720. The van der Waals surface area contributed by atoms with Gasteiger partial charge in [0.1, 0.15) is 0 Å². The highest BCUT2D eigenvalue weighted by Gasteiger charge is 2.23. The molecular weight excluding hydrogens is 124 g/mol. The van der Waals surface area contributed by atoms with Gasteiger partial charge >= 0.3 is 11.9 Å². The first-order valence-electron chi connectivity index (χ1n) is 2.26. The van der Waals surface area contributed by atoms with Crippen LogP contribution < -0.4 is 0 Å². The van der Waals surface area contributed by atoms with E-state index in [9.17, 15) is 9.59 Å². The summed E-state index contributed by atoms with van der Waals surface area (Å²) in [4.78, 5) is 20.6. The lowest BCUT2D eigenvalue weighted by Crippen LogP contribution is -2.02. The van der Waals surface area contributed by atoms with Gasteiger partial charge in [0.15, 0.2) is 0 Å². The molecule has 48 valence electrons. The average molecular weight is 128 g/mol. The first-order chi connectivity index (χ1) is 4.24. The molecule has 0 aromatic carbocycles. The number of esters is 2. The normalized spacial score (nSPS) is 17.2. The van der Waals surface area contributed by atoms with Crippen LogP contribution in [0.5, 0.6) is 0 Å². The monoisotopic (exact) mass is 128 g/mol. The summed E-state index contributed by atoms with van der Waals surface area (Å²) >= 11 is 0. The van der Waals surface area contributed by atoms with Crippen LogP contribution in [0.15, 0.2) is 11.8 Å². The zero-order valence-electron chi connectivity index (χ0n) is 4.71. The van der Waals surface area contributed by atoms with Gasteiger partial charge in [0.2, 0.25) is 5.76 Å². The van der Waals surface area contributed by atoms with Crippen molar-refractivity contribution in [1.29, 1.82) is 0 Å². The summed E-state index contributed by atoms with van der Waals surface area (Å²) in [5, 5.41) is 0. The number of methoxy groups -OCH3 is 1. The van der Waals surface area contributed by atoms with Gasteiger partial charge in [-0.05, 0) is 0 Å². The largest absolute Gasteiger partial charge is 0.490 e. The predicted molar refractivity (Wildman–Crippen MR) is 26.2 cm³/mol. The predicted octanol–water partition coefficient (Wildman–Crippen LogP) is -0.400. The van der Waals surface area contributed by atoms with Crippen LogP contribution in [-0.2, 0) is 19.1 Å². The lowest BCUT2D eigenvalue weighted by Gasteiger charge is -1.91. The Morgan fingerprint density at radius 3 is 2.44 bits per heavy atom. The van der Waals surface area contributed by atoms with Crippen molar-refractivity contribution in [3.05, 3.63) is 11.8 Å². The molecule has 1 aliphatic heterocycles. The molecule has 0 atom stereocenters. The summed E-state index contributed by atoms with van der Waals surface area (Å²) in [7, 11) is 1.30. The van der Waals surface area contributed by atoms with E-state index in [1.54, 1.807) is 0 Å². The maximum Gasteiger partial charge on any atom is 0.381 e. The van der Waals surface area contributed by atoms with Crippen molar-refractivity contribution >= 4 is 11.9 Å². The number of hydrogen-bond donors (Lipinski definition) is 0. The second-order valence-electron chi connectivity index (χ2n) is 1.42. The summed E-state index contributed by atoms with van der Waals surface area (Å²) < 4.78 is 8.53. The minimum absolute atomic E-state index is 0.0417. The van der Waals surface area contributed by atoms with E-state index in [1.165, 1.54) is 7.11 Å². The third kappa shape index (κ3) is 0.910. The molecule has 0 aromatic rings. The second kappa shape index (κ2) is 1.89. The molecule has 1 aliphatic rings. The molecule has 0 spiro atoms. The summed E-state index contributed by atoms with van der Waals surface area (Å²) in [6, 6.07) is 0. The van der Waals surface area contributed by atoms with Crippen LogP contribution in [0.25, 0.3) is 0 Å². The van der Waals surface area contributed by atoms with Crippen molar-refractivity contribution in [2.75, 3.05) is 7.11 Å². The quantitative estimate of drug-likeness (QED) is 0.356. The molecule has 0 N–H and O–H groups in total. The Balaban J connectivity index is 2.80. The van der Waals surface area contributed by atoms with Crippen LogP contribution in [0.4, 0.5) is 0 Å². The Hall–Kier alpha value is -1.32. The topological polar surface area (TPSA) is 52.6 Å². The van der Waals surface area contributed by atoms with Crippen LogP contribution in [0, 0.1) is 0 Å². The molecule has 0 saturated heterocycles. The van der Waals surface area contributed by atoms with Gasteiger partial charge in [0.25, 0.3) is 0 Å². The summed E-state index contributed by atoms with van der Waals surface area (Å²) in [5.74, 6) is -1.43. The lowest BCUT2D eigenvalue weighted by molar-refractivity contribution is -0.152. The van der Waals surface area contributed by atoms with Crippen LogP contribution in [0.3, 0.4) is 0 Å². The number of rotatable bonds is 1. The Morgan fingerprint density at radius 1 is 1.56 bits per heavy atom. The number of ether oxygens (including phenoxy) is 2. The van der Waals surface area contributed by atoms with Crippen molar-refractivity contribution in [3.63, 3.8) is 0 Å². The van der Waals surface area contributed by atoms with Crippen molar-refractivity contribution in [2.45, 2.75) is 0 Å². The molecule has 1 rings (SSSR count). The van der Waals surface area contributed by atoms with Gasteiger partial charge in [0, 0.05) is 0 Å². The van der Waals surface area contributed by atoms with E-state index in [1.807, 2.05) is 0 Å².